The quantitative estimate of drug-likeness (QED) is 0.367. The Kier molecular flexibility index (Phi) is 3.34. The van der Waals surface area contributed by atoms with Crippen molar-refractivity contribution in [1.29, 1.82) is 0 Å². The molecule has 0 radical (unpaired) electrons. The second kappa shape index (κ2) is 4.09. The highest BCUT2D eigenvalue weighted by molar-refractivity contribution is 14.1. The van der Waals surface area contributed by atoms with Gasteiger partial charge < -0.3 is 5.21 Å². The fraction of sp³-hybridized carbons (Fsp3) is 0.125. The van der Waals surface area contributed by atoms with Gasteiger partial charge in [0.25, 0.3) is 0 Å². The van der Waals surface area contributed by atoms with Crippen molar-refractivity contribution in [3.05, 3.63) is 32.9 Å². The van der Waals surface area contributed by atoms with Crippen LogP contribution in [0.4, 0.5) is 0 Å². The largest absolute Gasteiger partial charge is 0.410 e. The molecule has 1 N–H and O–H groups in total. The maximum absolute atomic E-state index is 8.40. The molecule has 0 heterocycles. The molecule has 0 bridgehead atoms. The molecule has 0 aliphatic carbocycles. The van der Waals surface area contributed by atoms with E-state index in [9.17, 15) is 0 Å². The minimum Gasteiger partial charge on any atom is -0.410 e. The zero-order valence-corrected chi connectivity index (χ0v) is 9.30. The van der Waals surface area contributed by atoms with Gasteiger partial charge in [0.15, 0.2) is 5.17 Å². The third-order valence-electron chi connectivity index (χ3n) is 1.50. The van der Waals surface area contributed by atoms with E-state index in [1.807, 2.05) is 25.1 Å². The van der Waals surface area contributed by atoms with Crippen molar-refractivity contribution in [3.8, 4) is 0 Å². The van der Waals surface area contributed by atoms with Crippen LogP contribution in [0.15, 0.2) is 23.4 Å². The SMILES string of the molecule is Cc1ccc(C(Cl)=NO)cc1I. The molecule has 0 amide bonds. The molecule has 0 aliphatic rings. The molecule has 1 rings (SSSR count). The van der Waals surface area contributed by atoms with E-state index in [2.05, 4.69) is 27.7 Å². The van der Waals surface area contributed by atoms with E-state index in [0.717, 1.165) is 9.13 Å². The summed E-state index contributed by atoms with van der Waals surface area (Å²) in [5.74, 6) is 0. The maximum Gasteiger partial charge on any atom is 0.175 e. The summed E-state index contributed by atoms with van der Waals surface area (Å²) in [5.41, 5.74) is 1.91. The van der Waals surface area contributed by atoms with E-state index < -0.39 is 0 Å². The molecule has 0 spiro atoms. The molecule has 1 aromatic rings. The second-order valence-corrected chi connectivity index (χ2v) is 3.87. The number of hydrogen-bond acceptors (Lipinski definition) is 2. The van der Waals surface area contributed by atoms with Crippen molar-refractivity contribution in [2.75, 3.05) is 0 Å². The highest BCUT2D eigenvalue weighted by Crippen LogP contribution is 2.15. The summed E-state index contributed by atoms with van der Waals surface area (Å²) in [7, 11) is 0. The molecule has 0 fully saturated rings. The first-order valence-corrected chi connectivity index (χ1v) is 4.75. The molecular weight excluding hydrogens is 288 g/mol. The Morgan fingerprint density at radius 2 is 2.25 bits per heavy atom. The summed E-state index contributed by atoms with van der Waals surface area (Å²) in [6, 6.07) is 5.63. The van der Waals surface area contributed by atoms with Crippen molar-refractivity contribution in [2.24, 2.45) is 5.16 Å². The Morgan fingerprint density at radius 3 is 2.75 bits per heavy atom. The lowest BCUT2D eigenvalue weighted by Gasteiger charge is -2.00. The van der Waals surface area contributed by atoms with Gasteiger partial charge in [-0.2, -0.15) is 0 Å². The minimum absolute atomic E-state index is 0.118. The van der Waals surface area contributed by atoms with Crippen molar-refractivity contribution in [2.45, 2.75) is 6.92 Å². The third kappa shape index (κ3) is 2.10. The summed E-state index contributed by atoms with van der Waals surface area (Å²) in [5, 5.41) is 11.4. The molecule has 0 saturated carbocycles. The topological polar surface area (TPSA) is 32.6 Å². The van der Waals surface area contributed by atoms with Gasteiger partial charge in [0.05, 0.1) is 0 Å². The van der Waals surface area contributed by atoms with Crippen molar-refractivity contribution >= 4 is 39.4 Å². The average molecular weight is 296 g/mol. The summed E-state index contributed by atoms with van der Waals surface area (Å²) < 4.78 is 1.10. The summed E-state index contributed by atoms with van der Waals surface area (Å²) in [6.45, 7) is 2.01. The predicted molar refractivity (Wildman–Crippen MR) is 58.1 cm³/mol. The van der Waals surface area contributed by atoms with Crippen LogP contribution in [0.1, 0.15) is 11.1 Å². The summed E-state index contributed by atoms with van der Waals surface area (Å²) >= 11 is 7.82. The fourth-order valence-corrected chi connectivity index (χ4v) is 1.41. The molecule has 0 atom stereocenters. The maximum atomic E-state index is 8.40. The van der Waals surface area contributed by atoms with Crippen molar-refractivity contribution < 1.29 is 5.21 Å². The molecule has 64 valence electrons. The lowest BCUT2D eigenvalue weighted by molar-refractivity contribution is 0.321. The molecule has 0 aromatic heterocycles. The van der Waals surface area contributed by atoms with Crippen molar-refractivity contribution in [1.82, 2.24) is 0 Å². The molecular formula is C8H7ClINO. The van der Waals surface area contributed by atoms with E-state index >= 15 is 0 Å². The zero-order valence-electron chi connectivity index (χ0n) is 6.38. The van der Waals surface area contributed by atoms with Gasteiger partial charge in [-0.05, 0) is 41.1 Å². The molecule has 1 aromatic carbocycles. The van der Waals surface area contributed by atoms with Gasteiger partial charge in [0.2, 0.25) is 0 Å². The van der Waals surface area contributed by atoms with Crippen LogP contribution in [0, 0.1) is 10.5 Å². The molecule has 0 aliphatic heterocycles. The number of rotatable bonds is 1. The Morgan fingerprint density at radius 1 is 1.58 bits per heavy atom. The second-order valence-electron chi connectivity index (χ2n) is 2.35. The average Bonchev–Trinajstić information content (AvgIpc) is 2.08. The normalized spacial score (nSPS) is 11.8. The van der Waals surface area contributed by atoms with Crippen LogP contribution in [-0.4, -0.2) is 10.4 Å². The third-order valence-corrected chi connectivity index (χ3v) is 2.95. The number of aryl methyl sites for hydroxylation is 1. The molecule has 2 nitrogen and oxygen atoms in total. The van der Waals surface area contributed by atoms with Gasteiger partial charge >= 0.3 is 0 Å². The summed E-state index contributed by atoms with van der Waals surface area (Å²) in [4.78, 5) is 0. The van der Waals surface area contributed by atoms with Gasteiger partial charge in [-0.3, -0.25) is 0 Å². The molecule has 4 heteroatoms. The molecule has 0 unspecified atom stereocenters. The van der Waals surface area contributed by atoms with Crippen LogP contribution in [0.3, 0.4) is 0 Å². The van der Waals surface area contributed by atoms with Crippen LogP contribution in [0.25, 0.3) is 0 Å². The number of benzene rings is 1. The Bertz CT molecular complexity index is 325. The highest BCUT2D eigenvalue weighted by atomic mass is 127. The lowest BCUT2D eigenvalue weighted by Crippen LogP contribution is -1.92. The first kappa shape index (κ1) is 9.80. The van der Waals surface area contributed by atoms with Crippen molar-refractivity contribution in [3.63, 3.8) is 0 Å². The predicted octanol–water partition coefficient (Wildman–Crippen LogP) is 2.97. The van der Waals surface area contributed by atoms with Gasteiger partial charge in [-0.15, -0.1) is 0 Å². The highest BCUT2D eigenvalue weighted by Gasteiger charge is 2.01. The minimum atomic E-state index is 0.118. The Labute approximate surface area is 89.4 Å². The summed E-state index contributed by atoms with van der Waals surface area (Å²) in [6.07, 6.45) is 0. The molecule has 12 heavy (non-hydrogen) atoms. The number of nitrogens with zero attached hydrogens (tertiary/aromatic N) is 1. The van der Waals surface area contributed by atoms with Crippen LogP contribution >= 0.6 is 34.2 Å². The fourth-order valence-electron chi connectivity index (χ4n) is 0.779. The molecule has 0 saturated heterocycles. The van der Waals surface area contributed by atoms with E-state index in [0.29, 0.717) is 0 Å². The Balaban J connectivity index is 3.13. The van der Waals surface area contributed by atoms with E-state index in [1.165, 1.54) is 5.56 Å². The monoisotopic (exact) mass is 295 g/mol. The lowest BCUT2D eigenvalue weighted by atomic mass is 10.2. The van der Waals surface area contributed by atoms with Crippen LogP contribution in [-0.2, 0) is 0 Å². The standard InChI is InChI=1S/C8H7ClINO/c1-5-2-3-6(4-7(5)10)8(9)11-12/h2-4,12H,1H3. The first-order valence-electron chi connectivity index (χ1n) is 3.29. The van der Waals surface area contributed by atoms with Gasteiger partial charge in [0.1, 0.15) is 0 Å². The Hall–Kier alpha value is -0.290. The smallest absolute Gasteiger partial charge is 0.175 e. The van der Waals surface area contributed by atoms with E-state index in [4.69, 9.17) is 16.8 Å². The number of halogens is 2. The van der Waals surface area contributed by atoms with Crippen LogP contribution in [0.5, 0.6) is 0 Å². The number of hydrogen-bond donors (Lipinski definition) is 1. The zero-order chi connectivity index (χ0) is 9.14. The van der Waals surface area contributed by atoms with E-state index in [1.54, 1.807) is 0 Å². The van der Waals surface area contributed by atoms with Crippen LogP contribution < -0.4 is 0 Å². The van der Waals surface area contributed by atoms with E-state index in [-0.39, 0.29) is 5.17 Å². The van der Waals surface area contributed by atoms with Gasteiger partial charge in [0, 0.05) is 9.13 Å². The number of oxime groups is 1. The van der Waals surface area contributed by atoms with Gasteiger partial charge in [-0.1, -0.05) is 28.9 Å². The first-order chi connectivity index (χ1) is 5.65. The van der Waals surface area contributed by atoms with Gasteiger partial charge in [-0.25, -0.2) is 0 Å². The van der Waals surface area contributed by atoms with Crippen LogP contribution in [0.2, 0.25) is 0 Å².